The Bertz CT molecular complexity index is 457. The average Bonchev–Trinajstić information content (AvgIpc) is 2.38. The van der Waals surface area contributed by atoms with Crippen molar-refractivity contribution in [1.29, 1.82) is 0 Å². The van der Waals surface area contributed by atoms with Gasteiger partial charge in [0.1, 0.15) is 12.3 Å². The molecule has 0 bridgehead atoms. The van der Waals surface area contributed by atoms with Crippen LogP contribution in [0.5, 0.6) is 0 Å². The summed E-state index contributed by atoms with van der Waals surface area (Å²) in [4.78, 5) is 19.3. The summed E-state index contributed by atoms with van der Waals surface area (Å²) in [5, 5.41) is 0. The number of rotatable bonds is 3. The molecule has 0 aliphatic heterocycles. The second-order valence-corrected chi connectivity index (χ2v) is 3.15. The third-order valence-corrected chi connectivity index (χ3v) is 1.97. The Hall–Kier alpha value is -2.23. The van der Waals surface area contributed by atoms with Gasteiger partial charge in [0.25, 0.3) is 0 Å². The number of aromatic nitrogens is 2. The van der Waals surface area contributed by atoms with Gasteiger partial charge in [0, 0.05) is 24.2 Å². The maximum absolute atomic E-state index is 11.5. The van der Waals surface area contributed by atoms with Crippen LogP contribution in [0.2, 0.25) is 0 Å². The Balaban J connectivity index is 1.95. The molecule has 0 amide bonds. The normalized spacial score (nSPS) is 9.75. The molecule has 4 nitrogen and oxygen atoms in total. The summed E-state index contributed by atoms with van der Waals surface area (Å²) in [5.74, 6) is -0.426. The number of carbonyl (C=O) groups excluding carboxylic acids is 1. The first-order valence-electron chi connectivity index (χ1n) is 4.83. The second kappa shape index (κ2) is 5.02. The van der Waals surface area contributed by atoms with E-state index in [2.05, 4.69) is 9.97 Å². The lowest BCUT2D eigenvalue weighted by atomic mass is 10.3. The highest BCUT2D eigenvalue weighted by atomic mass is 16.5. The second-order valence-electron chi connectivity index (χ2n) is 3.15. The number of esters is 1. The lowest BCUT2D eigenvalue weighted by Crippen LogP contribution is -2.06. The molecule has 0 fully saturated rings. The molecule has 0 unspecified atom stereocenters. The zero-order valence-electron chi connectivity index (χ0n) is 8.54. The first-order chi connectivity index (χ1) is 7.86. The largest absolute Gasteiger partial charge is 0.456 e. The van der Waals surface area contributed by atoms with E-state index in [9.17, 15) is 4.79 Å². The third-order valence-electron chi connectivity index (χ3n) is 1.97. The summed E-state index contributed by atoms with van der Waals surface area (Å²) in [6.07, 6.45) is 4.89. The molecule has 0 saturated heterocycles. The number of nitrogens with zero attached hydrogens (tertiary/aromatic N) is 2. The highest BCUT2D eigenvalue weighted by Crippen LogP contribution is 2.02. The molecule has 2 aromatic rings. The van der Waals surface area contributed by atoms with Crippen LogP contribution in [0.4, 0.5) is 0 Å². The molecule has 4 heteroatoms. The van der Waals surface area contributed by atoms with Crippen molar-refractivity contribution in [3.05, 3.63) is 60.2 Å². The lowest BCUT2D eigenvalue weighted by molar-refractivity contribution is 0.0465. The molecule has 0 saturated carbocycles. The van der Waals surface area contributed by atoms with Crippen LogP contribution >= 0.6 is 0 Å². The van der Waals surface area contributed by atoms with Crippen molar-refractivity contribution in [1.82, 2.24) is 9.97 Å². The fourth-order valence-corrected chi connectivity index (χ4v) is 1.19. The molecule has 0 radical (unpaired) electrons. The Morgan fingerprint density at radius 2 is 2.12 bits per heavy atom. The summed E-state index contributed by atoms with van der Waals surface area (Å²) in [7, 11) is 0. The molecule has 80 valence electrons. The standard InChI is InChI=1S/C12H10N2O2/c15-12(11-5-1-2-7-14-11)16-9-10-4-3-6-13-8-10/h1-8H,9H2. The summed E-state index contributed by atoms with van der Waals surface area (Å²) >= 11 is 0. The van der Waals surface area contributed by atoms with Crippen LogP contribution in [0.1, 0.15) is 16.1 Å². The van der Waals surface area contributed by atoms with Crippen LogP contribution in [0, 0.1) is 0 Å². The van der Waals surface area contributed by atoms with E-state index >= 15 is 0 Å². The number of ether oxygens (including phenoxy) is 1. The quantitative estimate of drug-likeness (QED) is 0.731. The summed E-state index contributed by atoms with van der Waals surface area (Å²) in [6.45, 7) is 0.212. The molecule has 16 heavy (non-hydrogen) atoms. The average molecular weight is 214 g/mol. The number of pyridine rings is 2. The molecule has 0 atom stereocenters. The SMILES string of the molecule is O=C(OCc1cccnc1)c1ccccn1. The maximum Gasteiger partial charge on any atom is 0.357 e. The maximum atomic E-state index is 11.5. The fraction of sp³-hybridized carbons (Fsp3) is 0.0833. The first kappa shape index (κ1) is 10.3. The number of hydrogen-bond acceptors (Lipinski definition) is 4. The van der Waals surface area contributed by atoms with Gasteiger partial charge < -0.3 is 4.74 Å². The van der Waals surface area contributed by atoms with E-state index in [0.29, 0.717) is 5.69 Å². The van der Waals surface area contributed by atoms with Crippen molar-refractivity contribution in [2.24, 2.45) is 0 Å². The smallest absolute Gasteiger partial charge is 0.357 e. The van der Waals surface area contributed by atoms with Gasteiger partial charge in [0.15, 0.2) is 0 Å². The lowest BCUT2D eigenvalue weighted by Gasteiger charge is -2.03. The predicted octanol–water partition coefficient (Wildman–Crippen LogP) is 1.83. The van der Waals surface area contributed by atoms with Crippen LogP contribution in [0.15, 0.2) is 48.9 Å². The molecule has 0 aliphatic rings. The van der Waals surface area contributed by atoms with Gasteiger partial charge in [-0.1, -0.05) is 12.1 Å². The van der Waals surface area contributed by atoms with Crippen molar-refractivity contribution in [3.63, 3.8) is 0 Å². The molecule has 0 aliphatic carbocycles. The van der Waals surface area contributed by atoms with Gasteiger partial charge in [0.05, 0.1) is 0 Å². The van der Waals surface area contributed by atoms with Gasteiger partial charge >= 0.3 is 5.97 Å². The number of hydrogen-bond donors (Lipinski definition) is 0. The number of carbonyl (C=O) groups is 1. The molecule has 0 aromatic carbocycles. The minimum Gasteiger partial charge on any atom is -0.456 e. The molecule has 2 aromatic heterocycles. The zero-order chi connectivity index (χ0) is 11.2. The van der Waals surface area contributed by atoms with Crippen molar-refractivity contribution in [2.45, 2.75) is 6.61 Å². The van der Waals surface area contributed by atoms with Gasteiger partial charge in [-0.2, -0.15) is 0 Å². The van der Waals surface area contributed by atoms with E-state index in [0.717, 1.165) is 5.56 Å². The van der Waals surface area contributed by atoms with E-state index in [1.807, 2.05) is 6.07 Å². The molecule has 0 spiro atoms. The fourth-order valence-electron chi connectivity index (χ4n) is 1.19. The third kappa shape index (κ3) is 2.63. The van der Waals surface area contributed by atoms with Gasteiger partial charge in [-0.3, -0.25) is 4.98 Å². The topological polar surface area (TPSA) is 52.1 Å². The van der Waals surface area contributed by atoms with Gasteiger partial charge in [-0.25, -0.2) is 9.78 Å². The van der Waals surface area contributed by atoms with Crippen LogP contribution in [0.25, 0.3) is 0 Å². The highest BCUT2D eigenvalue weighted by molar-refractivity contribution is 5.87. The van der Waals surface area contributed by atoms with Crippen LogP contribution in [-0.2, 0) is 11.3 Å². The van der Waals surface area contributed by atoms with Gasteiger partial charge in [-0.05, 0) is 18.2 Å². The predicted molar refractivity (Wildman–Crippen MR) is 57.6 cm³/mol. The van der Waals surface area contributed by atoms with Crippen LogP contribution in [-0.4, -0.2) is 15.9 Å². The van der Waals surface area contributed by atoms with E-state index in [-0.39, 0.29) is 6.61 Å². The van der Waals surface area contributed by atoms with Crippen LogP contribution < -0.4 is 0 Å². The van der Waals surface area contributed by atoms with Crippen LogP contribution in [0.3, 0.4) is 0 Å². The Morgan fingerprint density at radius 3 is 2.81 bits per heavy atom. The minimum atomic E-state index is -0.426. The van der Waals surface area contributed by atoms with Crippen molar-refractivity contribution in [3.8, 4) is 0 Å². The van der Waals surface area contributed by atoms with Crippen molar-refractivity contribution >= 4 is 5.97 Å². The van der Waals surface area contributed by atoms with E-state index in [1.165, 1.54) is 0 Å². The van der Waals surface area contributed by atoms with E-state index in [1.54, 1.807) is 42.9 Å². The summed E-state index contributed by atoms with van der Waals surface area (Å²) < 4.78 is 5.07. The monoisotopic (exact) mass is 214 g/mol. The molecular weight excluding hydrogens is 204 g/mol. The first-order valence-corrected chi connectivity index (χ1v) is 4.83. The Kier molecular flexibility index (Phi) is 3.23. The van der Waals surface area contributed by atoms with Crippen molar-refractivity contribution < 1.29 is 9.53 Å². The van der Waals surface area contributed by atoms with Gasteiger partial charge in [-0.15, -0.1) is 0 Å². The molecular formula is C12H10N2O2. The Labute approximate surface area is 92.9 Å². The Morgan fingerprint density at radius 1 is 1.19 bits per heavy atom. The zero-order valence-corrected chi connectivity index (χ0v) is 8.54. The highest BCUT2D eigenvalue weighted by Gasteiger charge is 2.07. The van der Waals surface area contributed by atoms with Gasteiger partial charge in [0.2, 0.25) is 0 Å². The molecule has 0 N–H and O–H groups in total. The summed E-state index contributed by atoms with van der Waals surface area (Å²) in [6, 6.07) is 8.75. The van der Waals surface area contributed by atoms with E-state index < -0.39 is 5.97 Å². The summed E-state index contributed by atoms with van der Waals surface area (Å²) in [5.41, 5.74) is 1.16. The molecule has 2 rings (SSSR count). The van der Waals surface area contributed by atoms with Crippen molar-refractivity contribution in [2.75, 3.05) is 0 Å². The molecule has 2 heterocycles. The van der Waals surface area contributed by atoms with E-state index in [4.69, 9.17) is 4.74 Å². The minimum absolute atomic E-state index is 0.212.